The molecule has 2 aromatic carbocycles. The summed E-state index contributed by atoms with van der Waals surface area (Å²) in [7, 11) is 0. The lowest BCUT2D eigenvalue weighted by Gasteiger charge is -2.36. The summed E-state index contributed by atoms with van der Waals surface area (Å²) in [5.74, 6) is -0.502. The Morgan fingerprint density at radius 1 is 1.03 bits per heavy atom. The number of amides is 2. The van der Waals surface area contributed by atoms with Gasteiger partial charge in [-0.3, -0.25) is 9.59 Å². The molecular formula is C26H25ClFN3O3. The zero-order chi connectivity index (χ0) is 23.8. The van der Waals surface area contributed by atoms with Gasteiger partial charge in [0.1, 0.15) is 22.8 Å². The second kappa shape index (κ2) is 9.22. The summed E-state index contributed by atoms with van der Waals surface area (Å²) in [5, 5.41) is 4.10. The van der Waals surface area contributed by atoms with Crippen molar-refractivity contribution in [3.05, 3.63) is 75.8 Å². The Labute approximate surface area is 202 Å². The van der Waals surface area contributed by atoms with E-state index in [-0.39, 0.29) is 39.6 Å². The molecule has 0 N–H and O–H groups in total. The predicted molar refractivity (Wildman–Crippen MR) is 126 cm³/mol. The maximum absolute atomic E-state index is 14.5. The van der Waals surface area contributed by atoms with Crippen molar-refractivity contribution in [3.8, 4) is 11.3 Å². The number of fused-ring (bicyclic) bond motifs is 1. The summed E-state index contributed by atoms with van der Waals surface area (Å²) in [6, 6.07) is 12.6. The number of carbonyl (C=O) groups is 2. The third-order valence-electron chi connectivity index (χ3n) is 6.85. The van der Waals surface area contributed by atoms with Crippen molar-refractivity contribution in [3.63, 3.8) is 0 Å². The summed E-state index contributed by atoms with van der Waals surface area (Å²) in [6.07, 6.45) is 2.04. The van der Waals surface area contributed by atoms with Crippen molar-refractivity contribution < 1.29 is 18.5 Å². The fraction of sp³-hybridized carbons (Fsp3) is 0.346. The van der Waals surface area contributed by atoms with E-state index in [0.29, 0.717) is 38.2 Å². The molecule has 0 atom stereocenters. The Morgan fingerprint density at radius 3 is 2.50 bits per heavy atom. The standard InChI is InChI=1S/C26H25ClFN3O3/c1-16-22(24(29-34-16)23-20(27)7-4-8-21(23)28)26(33)30-12-10-18(11-13-30)25(32)31-14-9-17-5-2-3-6-19(17)15-31/h2-8,18H,9-15H2,1H3. The first-order valence-electron chi connectivity index (χ1n) is 11.5. The number of hydrogen-bond donors (Lipinski definition) is 0. The molecule has 0 unspecified atom stereocenters. The van der Waals surface area contributed by atoms with Gasteiger partial charge in [0.2, 0.25) is 5.91 Å². The van der Waals surface area contributed by atoms with E-state index in [9.17, 15) is 14.0 Å². The van der Waals surface area contributed by atoms with E-state index in [2.05, 4.69) is 17.3 Å². The minimum absolute atomic E-state index is 0.0554. The van der Waals surface area contributed by atoms with Gasteiger partial charge < -0.3 is 14.3 Å². The van der Waals surface area contributed by atoms with Crippen LogP contribution in [0.4, 0.5) is 4.39 Å². The molecule has 2 aliphatic heterocycles. The molecule has 176 valence electrons. The molecule has 0 spiro atoms. The van der Waals surface area contributed by atoms with E-state index in [1.54, 1.807) is 17.9 Å². The third kappa shape index (κ3) is 4.09. The molecule has 0 saturated carbocycles. The number of rotatable bonds is 3. The number of nitrogens with zero attached hydrogens (tertiary/aromatic N) is 3. The van der Waals surface area contributed by atoms with E-state index in [0.717, 1.165) is 13.0 Å². The normalized spacial score (nSPS) is 16.4. The first-order valence-corrected chi connectivity index (χ1v) is 11.9. The van der Waals surface area contributed by atoms with Crippen molar-refractivity contribution in [1.82, 2.24) is 15.0 Å². The highest BCUT2D eigenvalue weighted by Gasteiger charge is 2.34. The number of hydrogen-bond acceptors (Lipinski definition) is 4. The second-order valence-corrected chi connectivity index (χ2v) is 9.31. The average Bonchev–Trinajstić information content (AvgIpc) is 3.23. The van der Waals surface area contributed by atoms with Crippen molar-refractivity contribution >= 4 is 23.4 Å². The van der Waals surface area contributed by atoms with Gasteiger partial charge in [-0.1, -0.05) is 47.1 Å². The van der Waals surface area contributed by atoms with Crippen LogP contribution in [0, 0.1) is 18.7 Å². The summed E-state index contributed by atoms with van der Waals surface area (Å²) < 4.78 is 19.8. The van der Waals surface area contributed by atoms with Gasteiger partial charge in [-0.25, -0.2) is 4.39 Å². The second-order valence-electron chi connectivity index (χ2n) is 8.90. The van der Waals surface area contributed by atoms with Crippen LogP contribution in [0.25, 0.3) is 11.3 Å². The minimum atomic E-state index is -0.567. The number of aromatic nitrogens is 1. The smallest absolute Gasteiger partial charge is 0.259 e. The van der Waals surface area contributed by atoms with Crippen molar-refractivity contribution in [2.75, 3.05) is 19.6 Å². The van der Waals surface area contributed by atoms with Gasteiger partial charge in [-0.2, -0.15) is 0 Å². The van der Waals surface area contributed by atoms with Crippen LogP contribution in [0.1, 0.15) is 40.1 Å². The number of aryl methyl sites for hydroxylation is 1. The van der Waals surface area contributed by atoms with Crippen molar-refractivity contribution in [2.45, 2.75) is 32.7 Å². The summed E-state index contributed by atoms with van der Waals surface area (Å²) >= 11 is 6.21. The molecule has 1 saturated heterocycles. The summed E-state index contributed by atoms with van der Waals surface area (Å²) in [5.41, 5.74) is 2.89. The van der Waals surface area contributed by atoms with Crippen LogP contribution in [0.3, 0.4) is 0 Å². The van der Waals surface area contributed by atoms with Crippen LogP contribution >= 0.6 is 11.6 Å². The lowest BCUT2D eigenvalue weighted by atomic mass is 9.92. The summed E-state index contributed by atoms with van der Waals surface area (Å²) in [4.78, 5) is 30.2. The number of piperidine rings is 1. The fourth-order valence-electron chi connectivity index (χ4n) is 4.95. The van der Waals surface area contributed by atoms with Gasteiger partial charge in [0, 0.05) is 32.1 Å². The van der Waals surface area contributed by atoms with Crippen LogP contribution in [0.5, 0.6) is 0 Å². The first kappa shape index (κ1) is 22.6. The number of benzene rings is 2. The molecule has 2 amide bonds. The van der Waals surface area contributed by atoms with E-state index in [1.807, 2.05) is 17.0 Å². The maximum atomic E-state index is 14.5. The fourth-order valence-corrected chi connectivity index (χ4v) is 5.20. The summed E-state index contributed by atoms with van der Waals surface area (Å²) in [6.45, 7) is 3.87. The molecule has 3 aromatic rings. The number of halogens is 2. The molecule has 0 bridgehead atoms. The Kier molecular flexibility index (Phi) is 6.13. The van der Waals surface area contributed by atoms with Crippen LogP contribution in [-0.4, -0.2) is 46.4 Å². The molecule has 3 heterocycles. The zero-order valence-corrected chi connectivity index (χ0v) is 19.6. The van der Waals surface area contributed by atoms with Crippen LogP contribution < -0.4 is 0 Å². The molecule has 6 nitrogen and oxygen atoms in total. The SMILES string of the molecule is Cc1onc(-c2c(F)cccc2Cl)c1C(=O)N1CCC(C(=O)N2CCc3ccccc3C2)CC1. The Balaban J connectivity index is 1.28. The van der Waals surface area contributed by atoms with Gasteiger partial charge >= 0.3 is 0 Å². The highest BCUT2D eigenvalue weighted by atomic mass is 35.5. The van der Waals surface area contributed by atoms with Crippen LogP contribution in [0.2, 0.25) is 5.02 Å². The lowest BCUT2D eigenvalue weighted by molar-refractivity contribution is -0.137. The van der Waals surface area contributed by atoms with Gasteiger partial charge in [0.05, 0.1) is 10.6 Å². The first-order chi connectivity index (χ1) is 16.4. The van der Waals surface area contributed by atoms with Crippen LogP contribution in [-0.2, 0) is 17.8 Å². The van der Waals surface area contributed by atoms with E-state index in [4.69, 9.17) is 16.1 Å². The molecule has 1 aromatic heterocycles. The Hall–Kier alpha value is -3.19. The highest BCUT2D eigenvalue weighted by Crippen LogP contribution is 2.35. The minimum Gasteiger partial charge on any atom is -0.360 e. The van der Waals surface area contributed by atoms with Gasteiger partial charge in [-0.15, -0.1) is 0 Å². The molecular weight excluding hydrogens is 457 g/mol. The average molecular weight is 482 g/mol. The lowest BCUT2D eigenvalue weighted by Crippen LogP contribution is -2.45. The molecule has 1 fully saturated rings. The zero-order valence-electron chi connectivity index (χ0n) is 18.9. The Morgan fingerprint density at radius 2 is 1.76 bits per heavy atom. The Bertz CT molecular complexity index is 1230. The molecule has 8 heteroatoms. The quantitative estimate of drug-likeness (QED) is 0.534. The van der Waals surface area contributed by atoms with Crippen molar-refractivity contribution in [2.24, 2.45) is 5.92 Å². The topological polar surface area (TPSA) is 66.7 Å². The third-order valence-corrected chi connectivity index (χ3v) is 7.16. The van der Waals surface area contributed by atoms with E-state index < -0.39 is 5.82 Å². The largest absolute Gasteiger partial charge is 0.360 e. The van der Waals surface area contributed by atoms with Gasteiger partial charge in [-0.05, 0) is 49.4 Å². The number of carbonyl (C=O) groups excluding carboxylic acids is 2. The molecule has 0 radical (unpaired) electrons. The highest BCUT2D eigenvalue weighted by molar-refractivity contribution is 6.33. The molecule has 2 aliphatic rings. The van der Waals surface area contributed by atoms with Crippen molar-refractivity contribution in [1.29, 1.82) is 0 Å². The van der Waals surface area contributed by atoms with Gasteiger partial charge in [0.25, 0.3) is 5.91 Å². The van der Waals surface area contributed by atoms with E-state index in [1.165, 1.54) is 23.3 Å². The predicted octanol–water partition coefficient (Wildman–Crippen LogP) is 4.88. The maximum Gasteiger partial charge on any atom is 0.259 e. The number of likely N-dealkylation sites (tertiary alicyclic amines) is 1. The monoisotopic (exact) mass is 481 g/mol. The van der Waals surface area contributed by atoms with Crippen LogP contribution in [0.15, 0.2) is 47.0 Å². The molecule has 34 heavy (non-hydrogen) atoms. The van der Waals surface area contributed by atoms with Gasteiger partial charge in [0.15, 0.2) is 0 Å². The molecule has 0 aliphatic carbocycles. The molecule has 5 rings (SSSR count). The van der Waals surface area contributed by atoms with E-state index >= 15 is 0 Å².